The largest absolute Gasteiger partial charge is 0.493 e. The zero-order valence-corrected chi connectivity index (χ0v) is 15.1. The Balaban J connectivity index is 1.70. The molecule has 1 atom stereocenters. The maximum absolute atomic E-state index is 12.8. The zero-order valence-electron chi connectivity index (χ0n) is 15.1. The molecule has 7 heteroatoms. The van der Waals surface area contributed by atoms with Gasteiger partial charge in [-0.3, -0.25) is 4.79 Å². The number of carbonyl (C=O) groups excluding carboxylic acids is 1. The minimum atomic E-state index is -0.208. The van der Waals surface area contributed by atoms with E-state index in [2.05, 4.69) is 24.0 Å². The van der Waals surface area contributed by atoms with E-state index in [0.717, 1.165) is 17.1 Å². The molecule has 0 N–H and O–H groups in total. The van der Waals surface area contributed by atoms with Gasteiger partial charge in [0.25, 0.3) is 0 Å². The molecule has 1 aliphatic rings. The van der Waals surface area contributed by atoms with Crippen LogP contribution in [0, 0.1) is 5.92 Å². The van der Waals surface area contributed by atoms with Crippen LogP contribution in [-0.4, -0.2) is 46.3 Å². The van der Waals surface area contributed by atoms with Crippen molar-refractivity contribution < 1.29 is 14.3 Å². The van der Waals surface area contributed by atoms with Crippen LogP contribution in [0.5, 0.6) is 11.5 Å². The predicted molar refractivity (Wildman–Crippen MR) is 92.6 cm³/mol. The van der Waals surface area contributed by atoms with Crippen LogP contribution in [-0.2, 0) is 17.8 Å². The van der Waals surface area contributed by atoms with Crippen molar-refractivity contribution in [2.24, 2.45) is 5.92 Å². The number of para-hydroxylation sites is 1. The van der Waals surface area contributed by atoms with Gasteiger partial charge in [0.05, 0.1) is 19.6 Å². The van der Waals surface area contributed by atoms with Crippen molar-refractivity contribution in [2.45, 2.75) is 32.9 Å². The van der Waals surface area contributed by atoms with Gasteiger partial charge in [0.1, 0.15) is 12.9 Å². The van der Waals surface area contributed by atoms with E-state index >= 15 is 0 Å². The first kappa shape index (κ1) is 17.3. The predicted octanol–water partition coefficient (Wildman–Crippen LogP) is 2.08. The first-order valence-corrected chi connectivity index (χ1v) is 8.43. The molecule has 0 bridgehead atoms. The van der Waals surface area contributed by atoms with Crippen LogP contribution in [0.3, 0.4) is 0 Å². The van der Waals surface area contributed by atoms with Gasteiger partial charge in [0.2, 0.25) is 5.91 Å². The number of hydrogen-bond acceptors (Lipinski definition) is 5. The van der Waals surface area contributed by atoms with Gasteiger partial charge in [0.15, 0.2) is 17.3 Å². The fourth-order valence-electron chi connectivity index (χ4n) is 3.13. The molecule has 2 heterocycles. The number of rotatable bonds is 5. The molecular weight excluding hydrogens is 320 g/mol. The molecule has 0 saturated carbocycles. The van der Waals surface area contributed by atoms with E-state index in [1.165, 1.54) is 0 Å². The average Bonchev–Trinajstić information content (AvgIpc) is 3.08. The van der Waals surface area contributed by atoms with Crippen molar-refractivity contribution >= 4 is 5.91 Å². The summed E-state index contributed by atoms with van der Waals surface area (Å²) in [7, 11) is 3.41. The van der Waals surface area contributed by atoms with Crippen molar-refractivity contribution in [1.82, 2.24) is 19.7 Å². The van der Waals surface area contributed by atoms with E-state index in [1.54, 1.807) is 25.4 Å². The maximum atomic E-state index is 12.8. The molecule has 0 fully saturated rings. The highest BCUT2D eigenvalue weighted by molar-refractivity contribution is 5.79. The second-order valence-corrected chi connectivity index (χ2v) is 6.60. The summed E-state index contributed by atoms with van der Waals surface area (Å²) in [4.78, 5) is 14.5. The monoisotopic (exact) mass is 344 g/mol. The summed E-state index contributed by atoms with van der Waals surface area (Å²) >= 11 is 0. The Morgan fingerprint density at radius 2 is 2.28 bits per heavy atom. The Morgan fingerprint density at radius 3 is 3.00 bits per heavy atom. The molecular formula is C18H24N4O3. The first-order valence-electron chi connectivity index (χ1n) is 8.43. The molecule has 0 unspecified atom stereocenters. The summed E-state index contributed by atoms with van der Waals surface area (Å²) in [5.74, 6) is 2.08. The lowest BCUT2D eigenvalue weighted by molar-refractivity contribution is -0.136. The van der Waals surface area contributed by atoms with Crippen LogP contribution in [0.25, 0.3) is 0 Å². The topological polar surface area (TPSA) is 69.5 Å². The molecule has 2 aromatic rings. The Morgan fingerprint density at radius 1 is 1.48 bits per heavy atom. The normalized spacial score (nSPS) is 16.3. The lowest BCUT2D eigenvalue weighted by Crippen LogP contribution is -2.38. The second kappa shape index (κ2) is 7.13. The van der Waals surface area contributed by atoms with Gasteiger partial charge in [-0.1, -0.05) is 12.1 Å². The van der Waals surface area contributed by atoms with E-state index in [0.29, 0.717) is 25.3 Å². The van der Waals surface area contributed by atoms with Crippen LogP contribution in [0.4, 0.5) is 0 Å². The number of hydrogen-bond donors (Lipinski definition) is 0. The molecule has 0 spiro atoms. The molecule has 0 aliphatic carbocycles. The van der Waals surface area contributed by atoms with Gasteiger partial charge in [-0.2, -0.15) is 0 Å². The highest BCUT2D eigenvalue weighted by Crippen LogP contribution is 2.36. The summed E-state index contributed by atoms with van der Waals surface area (Å²) in [6, 6.07) is 6.02. The number of nitrogens with zero attached hydrogens (tertiary/aromatic N) is 4. The molecule has 7 nitrogen and oxygen atoms in total. The SMILES string of the molecule is COc1cccc2c1OC[C@@H](C(=O)N(C)Cc1nncn1C(C)C)C2. The number of methoxy groups -OCH3 is 1. The minimum Gasteiger partial charge on any atom is -0.493 e. The number of aromatic nitrogens is 3. The van der Waals surface area contributed by atoms with Gasteiger partial charge in [-0.15, -0.1) is 10.2 Å². The summed E-state index contributed by atoms with van der Waals surface area (Å²) in [5, 5.41) is 8.09. The molecule has 1 aromatic carbocycles. The van der Waals surface area contributed by atoms with Crippen LogP contribution < -0.4 is 9.47 Å². The van der Waals surface area contributed by atoms with Crippen molar-refractivity contribution in [1.29, 1.82) is 0 Å². The summed E-state index contributed by atoms with van der Waals surface area (Å²) in [6.07, 6.45) is 2.34. The fourth-order valence-corrected chi connectivity index (χ4v) is 3.13. The number of carbonyl (C=O) groups is 1. The van der Waals surface area contributed by atoms with Crippen LogP contribution >= 0.6 is 0 Å². The summed E-state index contributed by atoms with van der Waals surface area (Å²) in [6.45, 7) is 4.91. The lowest BCUT2D eigenvalue weighted by atomic mass is 9.95. The van der Waals surface area contributed by atoms with Crippen LogP contribution in [0.1, 0.15) is 31.3 Å². The molecule has 1 amide bonds. The summed E-state index contributed by atoms with van der Waals surface area (Å²) in [5.41, 5.74) is 1.00. The summed E-state index contributed by atoms with van der Waals surface area (Å²) < 4.78 is 13.1. The van der Waals surface area contributed by atoms with E-state index in [9.17, 15) is 4.79 Å². The quantitative estimate of drug-likeness (QED) is 0.830. The first-order chi connectivity index (χ1) is 12.0. The van der Waals surface area contributed by atoms with Gasteiger partial charge in [-0.25, -0.2) is 0 Å². The molecule has 1 aliphatic heterocycles. The maximum Gasteiger partial charge on any atom is 0.229 e. The molecule has 3 rings (SSSR count). The number of ether oxygens (including phenoxy) is 2. The minimum absolute atomic E-state index is 0.0479. The van der Waals surface area contributed by atoms with Crippen molar-refractivity contribution in [3.63, 3.8) is 0 Å². The van der Waals surface area contributed by atoms with E-state index < -0.39 is 0 Å². The molecule has 0 saturated heterocycles. The standard InChI is InChI=1S/C18H24N4O3/c1-12(2)22-11-19-20-16(22)9-21(3)18(23)14-8-13-6-5-7-15(24-4)17(13)25-10-14/h5-7,11-12,14H,8-10H2,1-4H3/t14-/m0/s1. The third-order valence-electron chi connectivity index (χ3n) is 4.48. The highest BCUT2D eigenvalue weighted by atomic mass is 16.5. The van der Waals surface area contributed by atoms with E-state index in [1.807, 2.05) is 22.8 Å². The number of fused-ring (bicyclic) bond motifs is 1. The fraction of sp³-hybridized carbons (Fsp3) is 0.500. The van der Waals surface area contributed by atoms with Crippen molar-refractivity contribution in [3.8, 4) is 11.5 Å². The highest BCUT2D eigenvalue weighted by Gasteiger charge is 2.30. The Hall–Kier alpha value is -2.57. The lowest BCUT2D eigenvalue weighted by Gasteiger charge is -2.29. The zero-order chi connectivity index (χ0) is 18.0. The van der Waals surface area contributed by atoms with Crippen LogP contribution in [0.2, 0.25) is 0 Å². The molecule has 134 valence electrons. The third kappa shape index (κ3) is 3.45. The molecule has 25 heavy (non-hydrogen) atoms. The van der Waals surface area contributed by atoms with E-state index in [4.69, 9.17) is 9.47 Å². The van der Waals surface area contributed by atoms with Gasteiger partial charge in [-0.05, 0) is 31.9 Å². The second-order valence-electron chi connectivity index (χ2n) is 6.60. The Labute approximate surface area is 147 Å². The molecule has 0 radical (unpaired) electrons. The van der Waals surface area contributed by atoms with Crippen LogP contribution in [0.15, 0.2) is 24.5 Å². The third-order valence-corrected chi connectivity index (χ3v) is 4.48. The van der Waals surface area contributed by atoms with Gasteiger partial charge in [0, 0.05) is 13.1 Å². The van der Waals surface area contributed by atoms with Crippen molar-refractivity contribution in [2.75, 3.05) is 20.8 Å². The van der Waals surface area contributed by atoms with Gasteiger partial charge < -0.3 is 18.9 Å². The number of amides is 1. The smallest absolute Gasteiger partial charge is 0.229 e. The van der Waals surface area contributed by atoms with Gasteiger partial charge >= 0.3 is 0 Å². The van der Waals surface area contributed by atoms with E-state index in [-0.39, 0.29) is 17.9 Å². The number of benzene rings is 1. The Kier molecular flexibility index (Phi) is 4.92. The Bertz CT molecular complexity index is 757. The molecule has 1 aromatic heterocycles. The van der Waals surface area contributed by atoms with Crippen molar-refractivity contribution in [3.05, 3.63) is 35.9 Å². The average molecular weight is 344 g/mol.